The molecule has 0 saturated carbocycles. The molecule has 0 aliphatic carbocycles. The highest BCUT2D eigenvalue weighted by atomic mass is 19.1. The Kier molecular flexibility index (Phi) is 6.81. The number of methoxy groups -OCH3 is 1. The van der Waals surface area contributed by atoms with E-state index in [1.165, 1.54) is 25.6 Å². The summed E-state index contributed by atoms with van der Waals surface area (Å²) >= 11 is 0. The molecule has 1 aliphatic rings. The highest BCUT2D eigenvalue weighted by Gasteiger charge is 2.28. The molecular weight excluding hydrogens is 453 g/mol. The van der Waals surface area contributed by atoms with Crippen LogP contribution in [0.5, 0.6) is 0 Å². The number of anilines is 1. The standard InChI is InChI=1S/C25H28FN5O4/c1-25(2,3)35-24(33)31-11-5-6-17(13-31)29-22-21-20(27-14-28-22)18(23(32)34-4)12-19(30-21)15-7-9-16(26)10-8-15/h7-10,12,14,17H,5-6,11,13H2,1-4H3,(H,27,28,29)/t17-/m0/s1. The maximum Gasteiger partial charge on any atom is 0.410 e. The van der Waals surface area contributed by atoms with Crippen molar-refractivity contribution in [1.82, 2.24) is 19.9 Å². The van der Waals surface area contributed by atoms with Crippen molar-refractivity contribution in [3.05, 3.63) is 48.0 Å². The van der Waals surface area contributed by atoms with Crippen LogP contribution in [-0.2, 0) is 9.47 Å². The Labute approximate surface area is 202 Å². The zero-order chi connectivity index (χ0) is 25.2. The molecule has 1 fully saturated rings. The second kappa shape index (κ2) is 9.81. The third-order valence-electron chi connectivity index (χ3n) is 5.55. The number of rotatable bonds is 4. The van der Waals surface area contributed by atoms with Crippen LogP contribution >= 0.6 is 0 Å². The summed E-state index contributed by atoms with van der Waals surface area (Å²) in [7, 11) is 1.29. The van der Waals surface area contributed by atoms with Gasteiger partial charge in [0.05, 0.1) is 18.4 Å². The Morgan fingerprint density at radius 1 is 1.14 bits per heavy atom. The molecule has 0 radical (unpaired) electrons. The summed E-state index contributed by atoms with van der Waals surface area (Å²) < 4.78 is 23.9. The molecule has 1 amide bonds. The Morgan fingerprint density at radius 3 is 2.57 bits per heavy atom. The molecule has 184 valence electrons. The van der Waals surface area contributed by atoms with Gasteiger partial charge in [0.25, 0.3) is 0 Å². The Hall–Kier alpha value is -3.82. The molecule has 1 N–H and O–H groups in total. The lowest BCUT2D eigenvalue weighted by atomic mass is 10.1. The summed E-state index contributed by atoms with van der Waals surface area (Å²) in [4.78, 5) is 40.1. The zero-order valence-electron chi connectivity index (χ0n) is 20.2. The lowest BCUT2D eigenvalue weighted by Gasteiger charge is -2.34. The van der Waals surface area contributed by atoms with Gasteiger partial charge in [0.15, 0.2) is 5.82 Å². The van der Waals surface area contributed by atoms with Gasteiger partial charge in [0, 0.05) is 24.7 Å². The smallest absolute Gasteiger partial charge is 0.410 e. The average Bonchev–Trinajstić information content (AvgIpc) is 2.83. The Morgan fingerprint density at radius 2 is 1.89 bits per heavy atom. The fourth-order valence-corrected chi connectivity index (χ4v) is 3.96. The summed E-state index contributed by atoms with van der Waals surface area (Å²) in [5, 5.41) is 3.37. The largest absolute Gasteiger partial charge is 0.465 e. The molecule has 1 atom stereocenters. The van der Waals surface area contributed by atoms with Gasteiger partial charge in [-0.2, -0.15) is 0 Å². The average molecular weight is 482 g/mol. The number of ether oxygens (including phenoxy) is 2. The number of hydrogen-bond acceptors (Lipinski definition) is 8. The Bertz CT molecular complexity index is 1240. The van der Waals surface area contributed by atoms with Crippen LogP contribution in [0.4, 0.5) is 15.0 Å². The summed E-state index contributed by atoms with van der Waals surface area (Å²) in [5.74, 6) is -0.514. The van der Waals surface area contributed by atoms with Crippen molar-refractivity contribution in [3.8, 4) is 11.3 Å². The summed E-state index contributed by atoms with van der Waals surface area (Å²) in [6.07, 6.45) is 2.60. The molecular formula is C25H28FN5O4. The summed E-state index contributed by atoms with van der Waals surface area (Å²) in [6, 6.07) is 7.29. The molecule has 10 heteroatoms. The van der Waals surface area contributed by atoms with Crippen molar-refractivity contribution in [3.63, 3.8) is 0 Å². The number of carbonyl (C=O) groups is 2. The van der Waals surface area contributed by atoms with Gasteiger partial charge in [0.1, 0.15) is 28.8 Å². The van der Waals surface area contributed by atoms with Gasteiger partial charge in [-0.25, -0.2) is 28.9 Å². The molecule has 3 aromatic rings. The van der Waals surface area contributed by atoms with E-state index in [4.69, 9.17) is 14.5 Å². The van der Waals surface area contributed by atoms with E-state index < -0.39 is 11.6 Å². The van der Waals surface area contributed by atoms with Crippen molar-refractivity contribution < 1.29 is 23.5 Å². The number of pyridine rings is 1. The Balaban J connectivity index is 1.68. The molecule has 3 heterocycles. The number of carbonyl (C=O) groups excluding carboxylic acids is 2. The van der Waals surface area contributed by atoms with Gasteiger partial charge in [-0.05, 0) is 63.9 Å². The monoisotopic (exact) mass is 481 g/mol. The number of amides is 1. The first-order chi connectivity index (χ1) is 16.6. The number of benzene rings is 1. The first-order valence-electron chi connectivity index (χ1n) is 11.4. The van der Waals surface area contributed by atoms with Crippen LogP contribution in [0.25, 0.3) is 22.3 Å². The van der Waals surface area contributed by atoms with Crippen LogP contribution in [0, 0.1) is 5.82 Å². The van der Waals surface area contributed by atoms with Crippen molar-refractivity contribution in [2.45, 2.75) is 45.3 Å². The molecule has 0 spiro atoms. The number of halogens is 1. The molecule has 0 bridgehead atoms. The van der Waals surface area contributed by atoms with E-state index in [0.29, 0.717) is 41.2 Å². The molecule has 2 aromatic heterocycles. The van der Waals surface area contributed by atoms with Gasteiger partial charge in [-0.1, -0.05) is 0 Å². The third-order valence-corrected chi connectivity index (χ3v) is 5.55. The van der Waals surface area contributed by atoms with Crippen LogP contribution in [-0.4, -0.2) is 63.8 Å². The molecule has 0 unspecified atom stereocenters. The van der Waals surface area contributed by atoms with Gasteiger partial charge in [0.2, 0.25) is 0 Å². The van der Waals surface area contributed by atoms with Crippen LogP contribution < -0.4 is 5.32 Å². The minimum atomic E-state index is -0.578. The first-order valence-corrected chi connectivity index (χ1v) is 11.4. The minimum absolute atomic E-state index is 0.104. The second-order valence-corrected chi connectivity index (χ2v) is 9.38. The third kappa shape index (κ3) is 5.64. The topological polar surface area (TPSA) is 107 Å². The molecule has 9 nitrogen and oxygen atoms in total. The van der Waals surface area contributed by atoms with E-state index in [9.17, 15) is 14.0 Å². The first kappa shape index (κ1) is 24.3. The predicted octanol–water partition coefficient (Wildman–Crippen LogP) is 4.43. The van der Waals surface area contributed by atoms with E-state index in [1.807, 2.05) is 20.8 Å². The van der Waals surface area contributed by atoms with Gasteiger partial charge < -0.3 is 19.7 Å². The summed E-state index contributed by atoms with van der Waals surface area (Å²) in [6.45, 7) is 6.54. The molecule has 1 aliphatic heterocycles. The van der Waals surface area contributed by atoms with Gasteiger partial charge >= 0.3 is 12.1 Å². The van der Waals surface area contributed by atoms with Crippen LogP contribution in [0.2, 0.25) is 0 Å². The summed E-state index contributed by atoms with van der Waals surface area (Å²) in [5.41, 5.74) is 1.44. The fraction of sp³-hybridized carbons (Fsp3) is 0.400. The number of esters is 1. The maximum atomic E-state index is 13.5. The number of nitrogens with one attached hydrogen (secondary N) is 1. The number of fused-ring (bicyclic) bond motifs is 1. The zero-order valence-corrected chi connectivity index (χ0v) is 20.2. The highest BCUT2D eigenvalue weighted by molar-refractivity contribution is 6.05. The normalized spacial score (nSPS) is 16.1. The molecule has 35 heavy (non-hydrogen) atoms. The highest BCUT2D eigenvalue weighted by Crippen LogP contribution is 2.28. The van der Waals surface area contributed by atoms with E-state index in [0.717, 1.165) is 12.8 Å². The number of nitrogens with zero attached hydrogens (tertiary/aromatic N) is 4. The predicted molar refractivity (Wildman–Crippen MR) is 129 cm³/mol. The van der Waals surface area contributed by atoms with Crippen molar-refractivity contribution in [1.29, 1.82) is 0 Å². The lowest BCUT2D eigenvalue weighted by Crippen LogP contribution is -2.47. The maximum absolute atomic E-state index is 13.5. The van der Waals surface area contributed by atoms with Gasteiger partial charge in [-0.3, -0.25) is 0 Å². The van der Waals surface area contributed by atoms with Crippen LogP contribution in [0.3, 0.4) is 0 Å². The van der Waals surface area contributed by atoms with Crippen molar-refractivity contribution in [2.24, 2.45) is 0 Å². The van der Waals surface area contributed by atoms with Crippen LogP contribution in [0.15, 0.2) is 36.7 Å². The minimum Gasteiger partial charge on any atom is -0.465 e. The van der Waals surface area contributed by atoms with Crippen molar-refractivity contribution in [2.75, 3.05) is 25.5 Å². The molecule has 1 saturated heterocycles. The molecule has 1 aromatic carbocycles. The number of likely N-dealkylation sites (tertiary alicyclic amines) is 1. The quantitative estimate of drug-likeness (QED) is 0.546. The van der Waals surface area contributed by atoms with Crippen LogP contribution in [0.1, 0.15) is 44.0 Å². The second-order valence-electron chi connectivity index (χ2n) is 9.38. The number of aromatic nitrogens is 3. The van der Waals surface area contributed by atoms with E-state index in [2.05, 4.69) is 15.3 Å². The lowest BCUT2D eigenvalue weighted by molar-refractivity contribution is 0.0206. The number of hydrogen-bond donors (Lipinski definition) is 1. The molecule has 4 rings (SSSR count). The SMILES string of the molecule is COC(=O)c1cc(-c2ccc(F)cc2)nc2c(N[C@H]3CCCN(C(=O)OC(C)(C)C)C3)ncnc12. The van der Waals surface area contributed by atoms with E-state index >= 15 is 0 Å². The van der Waals surface area contributed by atoms with E-state index in [1.54, 1.807) is 23.1 Å². The number of piperidine rings is 1. The fourth-order valence-electron chi connectivity index (χ4n) is 3.96. The van der Waals surface area contributed by atoms with Crippen molar-refractivity contribution >= 4 is 28.9 Å². The van der Waals surface area contributed by atoms with Gasteiger partial charge in [-0.15, -0.1) is 0 Å². The van der Waals surface area contributed by atoms with E-state index in [-0.39, 0.29) is 23.5 Å².